The minimum atomic E-state index is -0.194. The van der Waals surface area contributed by atoms with Gasteiger partial charge in [0.15, 0.2) is 0 Å². The number of methoxy groups -OCH3 is 1. The lowest BCUT2D eigenvalue weighted by Gasteiger charge is -2.04. The molecule has 1 rings (SSSR count). The van der Waals surface area contributed by atoms with E-state index in [1.54, 1.807) is 0 Å². The van der Waals surface area contributed by atoms with E-state index in [1.165, 1.54) is 12.7 Å². The molecule has 0 spiro atoms. The highest BCUT2D eigenvalue weighted by Gasteiger charge is 2.02. The van der Waals surface area contributed by atoms with Gasteiger partial charge in [0, 0.05) is 0 Å². The fourth-order valence-corrected chi connectivity index (χ4v) is 1.40. The van der Waals surface area contributed by atoms with Crippen LogP contribution >= 0.6 is 0 Å². The third-order valence-corrected chi connectivity index (χ3v) is 2.23. The van der Waals surface area contributed by atoms with E-state index in [1.807, 2.05) is 25.2 Å². The zero-order valence-corrected chi connectivity index (χ0v) is 9.25. The monoisotopic (exact) mass is 207 g/mol. The maximum Gasteiger partial charge on any atom is 0.309 e. The van der Waals surface area contributed by atoms with Crippen LogP contribution < -0.4 is 5.32 Å². The first kappa shape index (κ1) is 11.7. The van der Waals surface area contributed by atoms with Crippen molar-refractivity contribution in [1.29, 1.82) is 0 Å². The Labute approximate surface area is 90.4 Å². The normalized spacial score (nSPS) is 10.0. The Bertz CT molecular complexity index is 323. The van der Waals surface area contributed by atoms with Crippen LogP contribution in [-0.2, 0) is 22.4 Å². The molecular weight excluding hydrogens is 190 g/mol. The summed E-state index contributed by atoms with van der Waals surface area (Å²) in [5, 5.41) is 3.10. The molecular formula is C12H17NO2. The molecule has 0 atom stereocenters. The van der Waals surface area contributed by atoms with Crippen LogP contribution in [0.3, 0.4) is 0 Å². The number of carbonyl (C=O) groups is 1. The van der Waals surface area contributed by atoms with Crippen molar-refractivity contribution < 1.29 is 9.53 Å². The van der Waals surface area contributed by atoms with E-state index < -0.39 is 0 Å². The number of hydrogen-bond donors (Lipinski definition) is 1. The zero-order chi connectivity index (χ0) is 11.1. The Morgan fingerprint density at radius 1 is 1.40 bits per heavy atom. The number of benzene rings is 1. The summed E-state index contributed by atoms with van der Waals surface area (Å²) in [5.74, 6) is -0.194. The van der Waals surface area contributed by atoms with Crippen LogP contribution in [0.1, 0.15) is 11.1 Å². The molecule has 1 aromatic carbocycles. The smallest absolute Gasteiger partial charge is 0.309 e. The van der Waals surface area contributed by atoms with Gasteiger partial charge in [0.25, 0.3) is 0 Å². The summed E-state index contributed by atoms with van der Waals surface area (Å²) in [5.41, 5.74) is 2.25. The van der Waals surface area contributed by atoms with E-state index >= 15 is 0 Å². The molecule has 0 aromatic heterocycles. The molecule has 0 saturated carbocycles. The van der Waals surface area contributed by atoms with Gasteiger partial charge in [0.2, 0.25) is 0 Å². The summed E-state index contributed by atoms with van der Waals surface area (Å²) >= 11 is 0. The van der Waals surface area contributed by atoms with Gasteiger partial charge >= 0.3 is 5.97 Å². The Kier molecular flexibility index (Phi) is 4.84. The topological polar surface area (TPSA) is 38.3 Å². The van der Waals surface area contributed by atoms with Gasteiger partial charge in [-0.15, -0.1) is 0 Å². The molecule has 0 fully saturated rings. The van der Waals surface area contributed by atoms with Crippen molar-refractivity contribution in [1.82, 2.24) is 5.32 Å². The van der Waals surface area contributed by atoms with Crippen molar-refractivity contribution in [2.75, 3.05) is 20.7 Å². The lowest BCUT2D eigenvalue weighted by molar-refractivity contribution is -0.139. The van der Waals surface area contributed by atoms with Gasteiger partial charge in [0.05, 0.1) is 13.5 Å². The number of nitrogens with one attached hydrogen (secondary N) is 1. The molecule has 0 aliphatic carbocycles. The molecule has 1 aromatic rings. The van der Waals surface area contributed by atoms with Crippen molar-refractivity contribution in [3.05, 3.63) is 35.4 Å². The summed E-state index contributed by atoms with van der Waals surface area (Å²) in [6.07, 6.45) is 1.33. The van der Waals surface area contributed by atoms with Crippen LogP contribution in [0.2, 0.25) is 0 Å². The van der Waals surface area contributed by atoms with Crippen LogP contribution in [0, 0.1) is 0 Å². The first-order chi connectivity index (χ1) is 7.26. The Balaban J connectivity index is 2.61. The molecule has 3 nitrogen and oxygen atoms in total. The first-order valence-electron chi connectivity index (χ1n) is 5.05. The Morgan fingerprint density at radius 3 is 2.80 bits per heavy atom. The highest BCUT2D eigenvalue weighted by Crippen LogP contribution is 2.07. The molecule has 0 aliphatic rings. The van der Waals surface area contributed by atoms with Gasteiger partial charge in [-0.3, -0.25) is 4.79 Å². The predicted molar refractivity (Wildman–Crippen MR) is 59.8 cm³/mol. The van der Waals surface area contributed by atoms with Gasteiger partial charge in [0.1, 0.15) is 0 Å². The minimum Gasteiger partial charge on any atom is -0.469 e. The van der Waals surface area contributed by atoms with E-state index in [-0.39, 0.29) is 5.97 Å². The molecule has 82 valence electrons. The Morgan fingerprint density at radius 2 is 2.13 bits per heavy atom. The van der Waals surface area contributed by atoms with E-state index in [9.17, 15) is 4.79 Å². The number of rotatable bonds is 5. The third kappa shape index (κ3) is 4.13. The molecule has 0 bridgehead atoms. The van der Waals surface area contributed by atoms with Crippen molar-refractivity contribution >= 4 is 5.97 Å². The SMILES string of the molecule is CNCCc1cccc(CC(=O)OC)c1. The number of carbonyl (C=O) groups excluding carboxylic acids is 1. The fourth-order valence-electron chi connectivity index (χ4n) is 1.40. The van der Waals surface area contributed by atoms with Crippen LogP contribution in [-0.4, -0.2) is 26.7 Å². The number of hydrogen-bond acceptors (Lipinski definition) is 3. The van der Waals surface area contributed by atoms with E-state index in [0.717, 1.165) is 18.5 Å². The first-order valence-corrected chi connectivity index (χ1v) is 5.05. The average molecular weight is 207 g/mol. The van der Waals surface area contributed by atoms with Crippen LogP contribution in [0.15, 0.2) is 24.3 Å². The van der Waals surface area contributed by atoms with E-state index in [2.05, 4.69) is 16.1 Å². The molecule has 0 aliphatic heterocycles. The predicted octanol–water partition coefficient (Wildman–Crippen LogP) is 1.16. The summed E-state index contributed by atoms with van der Waals surface area (Å²) in [6, 6.07) is 8.04. The van der Waals surface area contributed by atoms with Crippen molar-refractivity contribution in [3.8, 4) is 0 Å². The molecule has 0 radical (unpaired) electrons. The quantitative estimate of drug-likeness (QED) is 0.736. The average Bonchev–Trinajstić information content (AvgIpc) is 2.26. The summed E-state index contributed by atoms with van der Waals surface area (Å²) in [7, 11) is 3.34. The molecule has 1 N–H and O–H groups in total. The summed E-state index contributed by atoms with van der Waals surface area (Å²) < 4.78 is 4.62. The summed E-state index contributed by atoms with van der Waals surface area (Å²) in [4.78, 5) is 11.1. The highest BCUT2D eigenvalue weighted by atomic mass is 16.5. The fraction of sp³-hybridized carbons (Fsp3) is 0.417. The van der Waals surface area contributed by atoms with E-state index in [0.29, 0.717) is 6.42 Å². The van der Waals surface area contributed by atoms with Crippen LogP contribution in [0.25, 0.3) is 0 Å². The largest absolute Gasteiger partial charge is 0.469 e. The van der Waals surface area contributed by atoms with Crippen molar-refractivity contribution in [3.63, 3.8) is 0 Å². The lowest BCUT2D eigenvalue weighted by Crippen LogP contribution is -2.10. The standard InChI is InChI=1S/C12H17NO2/c1-13-7-6-10-4-3-5-11(8-10)9-12(14)15-2/h3-5,8,13H,6-7,9H2,1-2H3. The molecule has 15 heavy (non-hydrogen) atoms. The van der Waals surface area contributed by atoms with Crippen LogP contribution in [0.5, 0.6) is 0 Å². The Hall–Kier alpha value is -1.35. The molecule has 3 heteroatoms. The van der Waals surface area contributed by atoms with Gasteiger partial charge in [-0.25, -0.2) is 0 Å². The maximum atomic E-state index is 11.1. The zero-order valence-electron chi connectivity index (χ0n) is 9.25. The second kappa shape index (κ2) is 6.19. The number of ether oxygens (including phenoxy) is 1. The molecule has 0 unspecified atom stereocenters. The second-order valence-corrected chi connectivity index (χ2v) is 3.43. The third-order valence-electron chi connectivity index (χ3n) is 2.23. The maximum absolute atomic E-state index is 11.1. The van der Waals surface area contributed by atoms with Gasteiger partial charge in [-0.1, -0.05) is 24.3 Å². The molecule has 0 heterocycles. The van der Waals surface area contributed by atoms with Gasteiger partial charge < -0.3 is 10.1 Å². The molecule has 0 amide bonds. The summed E-state index contributed by atoms with van der Waals surface area (Å²) in [6.45, 7) is 0.946. The van der Waals surface area contributed by atoms with Gasteiger partial charge in [-0.05, 0) is 31.1 Å². The van der Waals surface area contributed by atoms with Crippen LogP contribution in [0.4, 0.5) is 0 Å². The molecule has 0 saturated heterocycles. The highest BCUT2D eigenvalue weighted by molar-refractivity contribution is 5.72. The number of likely N-dealkylation sites (N-methyl/N-ethyl adjacent to an activating group) is 1. The van der Waals surface area contributed by atoms with E-state index in [4.69, 9.17) is 0 Å². The second-order valence-electron chi connectivity index (χ2n) is 3.43. The van der Waals surface area contributed by atoms with Crippen molar-refractivity contribution in [2.24, 2.45) is 0 Å². The number of esters is 1. The van der Waals surface area contributed by atoms with Gasteiger partial charge in [-0.2, -0.15) is 0 Å². The minimum absolute atomic E-state index is 0.194. The lowest BCUT2D eigenvalue weighted by atomic mass is 10.1. The van der Waals surface area contributed by atoms with Crippen molar-refractivity contribution in [2.45, 2.75) is 12.8 Å².